The van der Waals surface area contributed by atoms with Gasteiger partial charge >= 0.3 is 0 Å². The number of fused-ring (bicyclic) bond motifs is 1. The zero-order valence-corrected chi connectivity index (χ0v) is 13.2. The fourth-order valence-corrected chi connectivity index (χ4v) is 2.73. The van der Waals surface area contributed by atoms with Gasteiger partial charge in [0.25, 0.3) is 0 Å². The first-order valence-corrected chi connectivity index (χ1v) is 7.37. The van der Waals surface area contributed by atoms with Gasteiger partial charge in [-0.25, -0.2) is 0 Å². The van der Waals surface area contributed by atoms with Gasteiger partial charge in [-0.05, 0) is 23.5 Å². The zero-order valence-electron chi connectivity index (χ0n) is 13.2. The highest BCUT2D eigenvalue weighted by Crippen LogP contribution is 2.29. The summed E-state index contributed by atoms with van der Waals surface area (Å²) in [6, 6.07) is 8.47. The minimum absolute atomic E-state index is 0.0604. The molecule has 2 unspecified atom stereocenters. The van der Waals surface area contributed by atoms with Gasteiger partial charge in [0, 0.05) is 26.2 Å². The third kappa shape index (κ3) is 2.88. The predicted molar refractivity (Wildman–Crippen MR) is 82.6 cm³/mol. The first kappa shape index (κ1) is 15.0. The molecule has 110 valence electrons. The first-order valence-electron chi connectivity index (χ1n) is 7.37. The fraction of sp³-hybridized carbons (Fsp3) is 0.588. The van der Waals surface area contributed by atoms with Gasteiger partial charge < -0.3 is 10.2 Å². The summed E-state index contributed by atoms with van der Waals surface area (Å²) < 4.78 is 0. The van der Waals surface area contributed by atoms with Crippen molar-refractivity contribution in [1.82, 2.24) is 10.2 Å². The molecule has 0 fully saturated rings. The normalized spacial score (nSPS) is 20.1. The van der Waals surface area contributed by atoms with Crippen LogP contribution in [0.1, 0.15) is 44.7 Å². The highest BCUT2D eigenvalue weighted by atomic mass is 16.2. The average molecular weight is 274 g/mol. The van der Waals surface area contributed by atoms with E-state index in [4.69, 9.17) is 0 Å². The molecular weight excluding hydrogens is 248 g/mol. The number of hydrogen-bond donors (Lipinski definition) is 1. The second-order valence-electron chi connectivity index (χ2n) is 6.87. The van der Waals surface area contributed by atoms with Crippen molar-refractivity contribution in [2.45, 2.75) is 46.2 Å². The summed E-state index contributed by atoms with van der Waals surface area (Å²) in [5.74, 6) is 0.154. The molecule has 0 radical (unpaired) electrons. The Morgan fingerprint density at radius 3 is 2.65 bits per heavy atom. The monoisotopic (exact) mass is 274 g/mol. The van der Waals surface area contributed by atoms with Crippen LogP contribution in [-0.2, 0) is 11.3 Å². The van der Waals surface area contributed by atoms with Gasteiger partial charge in [-0.3, -0.25) is 4.79 Å². The molecule has 1 aliphatic heterocycles. The maximum Gasteiger partial charge on any atom is 0.231 e. The molecule has 0 aliphatic carbocycles. The maximum absolute atomic E-state index is 12.8. The lowest BCUT2D eigenvalue weighted by Gasteiger charge is -2.38. The summed E-state index contributed by atoms with van der Waals surface area (Å²) in [5, 5.41) is 3.36. The van der Waals surface area contributed by atoms with Crippen LogP contribution in [0.15, 0.2) is 24.3 Å². The van der Waals surface area contributed by atoms with E-state index in [1.165, 1.54) is 11.1 Å². The van der Waals surface area contributed by atoms with Crippen molar-refractivity contribution in [2.24, 2.45) is 5.41 Å². The van der Waals surface area contributed by atoms with E-state index in [2.05, 4.69) is 45.1 Å². The molecule has 1 N–H and O–H groups in total. The summed E-state index contributed by atoms with van der Waals surface area (Å²) >= 11 is 0. The second-order valence-corrected chi connectivity index (χ2v) is 6.87. The van der Waals surface area contributed by atoms with Gasteiger partial charge in [-0.15, -0.1) is 0 Å². The Balaban J connectivity index is 2.23. The Hall–Kier alpha value is -1.35. The molecule has 2 rings (SSSR count). The molecule has 2 atom stereocenters. The second kappa shape index (κ2) is 5.57. The van der Waals surface area contributed by atoms with Crippen molar-refractivity contribution in [2.75, 3.05) is 13.6 Å². The molecule has 0 bridgehead atoms. The molecule has 1 heterocycles. The number of rotatable bonds is 2. The van der Waals surface area contributed by atoms with Gasteiger partial charge in [-0.1, -0.05) is 45.0 Å². The van der Waals surface area contributed by atoms with E-state index in [1.54, 1.807) is 0 Å². The molecule has 1 aromatic carbocycles. The number of carbonyl (C=O) groups excluding carboxylic acids is 1. The highest BCUT2D eigenvalue weighted by molar-refractivity contribution is 5.84. The minimum Gasteiger partial charge on any atom is -0.342 e. The summed E-state index contributed by atoms with van der Waals surface area (Å²) in [7, 11) is 1.93. The van der Waals surface area contributed by atoms with Gasteiger partial charge in [0.1, 0.15) is 0 Å². The Morgan fingerprint density at radius 1 is 1.35 bits per heavy atom. The summed E-state index contributed by atoms with van der Waals surface area (Å²) in [6.45, 7) is 10.2. The molecular formula is C17H26N2O. The van der Waals surface area contributed by atoms with Crippen molar-refractivity contribution in [1.29, 1.82) is 0 Å². The van der Waals surface area contributed by atoms with E-state index >= 15 is 0 Å². The van der Waals surface area contributed by atoms with Gasteiger partial charge in [-0.2, -0.15) is 0 Å². The molecule has 20 heavy (non-hydrogen) atoms. The van der Waals surface area contributed by atoms with Crippen LogP contribution in [-0.4, -0.2) is 30.4 Å². The molecule has 1 aromatic rings. The third-order valence-corrected chi connectivity index (χ3v) is 4.57. The topological polar surface area (TPSA) is 32.3 Å². The number of nitrogens with one attached hydrogen (secondary N) is 1. The van der Waals surface area contributed by atoms with Crippen LogP contribution in [0.2, 0.25) is 0 Å². The van der Waals surface area contributed by atoms with Crippen molar-refractivity contribution in [3.63, 3.8) is 0 Å². The van der Waals surface area contributed by atoms with Crippen molar-refractivity contribution in [3.8, 4) is 0 Å². The van der Waals surface area contributed by atoms with E-state index in [-0.39, 0.29) is 23.3 Å². The lowest BCUT2D eigenvalue weighted by Crippen LogP contribution is -2.47. The SMILES string of the molecule is CC(N(C)C(=O)C1CNCc2ccccc21)C(C)(C)C. The number of benzene rings is 1. The number of carbonyl (C=O) groups is 1. The predicted octanol–water partition coefficient (Wildman–Crippen LogP) is 2.77. The minimum atomic E-state index is -0.0604. The van der Waals surface area contributed by atoms with Crippen molar-refractivity contribution >= 4 is 5.91 Å². The number of likely N-dealkylation sites (N-methyl/N-ethyl adjacent to an activating group) is 1. The Kier molecular flexibility index (Phi) is 4.19. The van der Waals surface area contributed by atoms with Gasteiger partial charge in [0.2, 0.25) is 5.91 Å². The fourth-order valence-electron chi connectivity index (χ4n) is 2.73. The molecule has 0 spiro atoms. The number of amides is 1. The average Bonchev–Trinajstić information content (AvgIpc) is 2.43. The quantitative estimate of drug-likeness (QED) is 0.899. The highest BCUT2D eigenvalue weighted by Gasteiger charge is 2.33. The van der Waals surface area contributed by atoms with Crippen LogP contribution in [0.3, 0.4) is 0 Å². The van der Waals surface area contributed by atoms with Crippen LogP contribution >= 0.6 is 0 Å². The van der Waals surface area contributed by atoms with Crippen LogP contribution in [0.5, 0.6) is 0 Å². The number of hydrogen-bond acceptors (Lipinski definition) is 2. The van der Waals surface area contributed by atoms with Crippen LogP contribution in [0.4, 0.5) is 0 Å². The van der Waals surface area contributed by atoms with Crippen LogP contribution < -0.4 is 5.32 Å². The summed E-state index contributed by atoms with van der Waals surface area (Å²) in [6.07, 6.45) is 0. The summed E-state index contributed by atoms with van der Waals surface area (Å²) in [5.41, 5.74) is 2.52. The molecule has 3 nitrogen and oxygen atoms in total. The first-order chi connectivity index (χ1) is 9.32. The van der Waals surface area contributed by atoms with E-state index in [0.717, 1.165) is 13.1 Å². The largest absolute Gasteiger partial charge is 0.342 e. The molecule has 3 heteroatoms. The number of nitrogens with zero attached hydrogens (tertiary/aromatic N) is 1. The summed E-state index contributed by atoms with van der Waals surface area (Å²) in [4.78, 5) is 14.7. The zero-order chi connectivity index (χ0) is 14.9. The maximum atomic E-state index is 12.8. The van der Waals surface area contributed by atoms with Gasteiger partial charge in [0.15, 0.2) is 0 Å². The van der Waals surface area contributed by atoms with Crippen molar-refractivity contribution < 1.29 is 4.79 Å². The molecule has 0 saturated heterocycles. The lowest BCUT2D eigenvalue weighted by molar-refractivity contribution is -0.135. The Bertz CT molecular complexity index is 490. The standard InChI is InChI=1S/C17H26N2O/c1-12(17(2,3)4)19(5)16(20)15-11-18-10-13-8-6-7-9-14(13)15/h6-9,12,15,18H,10-11H2,1-5H3. The van der Waals surface area contributed by atoms with Gasteiger partial charge in [0.05, 0.1) is 5.92 Å². The van der Waals surface area contributed by atoms with E-state index in [1.807, 2.05) is 24.1 Å². The Labute approximate surface area is 122 Å². The Morgan fingerprint density at radius 2 is 2.00 bits per heavy atom. The smallest absolute Gasteiger partial charge is 0.231 e. The van der Waals surface area contributed by atoms with Crippen LogP contribution in [0, 0.1) is 5.41 Å². The van der Waals surface area contributed by atoms with E-state index < -0.39 is 0 Å². The molecule has 1 aliphatic rings. The van der Waals surface area contributed by atoms with Crippen molar-refractivity contribution in [3.05, 3.63) is 35.4 Å². The van der Waals surface area contributed by atoms with E-state index in [0.29, 0.717) is 0 Å². The third-order valence-electron chi connectivity index (χ3n) is 4.57. The molecule has 0 saturated carbocycles. The van der Waals surface area contributed by atoms with E-state index in [9.17, 15) is 4.79 Å². The molecule has 1 amide bonds. The van der Waals surface area contributed by atoms with Crippen LogP contribution in [0.25, 0.3) is 0 Å². The molecule has 0 aromatic heterocycles. The lowest BCUT2D eigenvalue weighted by atomic mass is 9.85.